The van der Waals surface area contributed by atoms with Crippen LogP contribution in [0, 0.1) is 17.0 Å². The van der Waals surface area contributed by atoms with E-state index in [-0.39, 0.29) is 17.9 Å². The lowest BCUT2D eigenvalue weighted by Gasteiger charge is -2.32. The fraction of sp³-hybridized carbons (Fsp3) is 0.600. The molecule has 1 fully saturated rings. The predicted molar refractivity (Wildman–Crippen MR) is 78.9 cm³/mol. The second kappa shape index (κ2) is 6.87. The normalized spacial score (nSPS) is 25.6. The number of nitro benzene ring substituents is 1. The largest absolute Gasteiger partial charge is 0.481 e. The minimum atomic E-state index is -0.402. The number of hydrogen-bond donors (Lipinski definition) is 1. The first-order chi connectivity index (χ1) is 9.95. The second-order valence-corrected chi connectivity index (χ2v) is 5.74. The van der Waals surface area contributed by atoms with Gasteiger partial charge in [-0.05, 0) is 32.4 Å². The summed E-state index contributed by atoms with van der Waals surface area (Å²) >= 11 is 0. The first-order valence-electron chi connectivity index (χ1n) is 7.32. The molecule has 1 aromatic rings. The number of morpholine rings is 1. The lowest BCUT2D eigenvalue weighted by atomic mass is 10.2. The van der Waals surface area contributed by atoms with Crippen LogP contribution in [0.3, 0.4) is 0 Å². The Bertz CT molecular complexity index is 496. The summed E-state index contributed by atoms with van der Waals surface area (Å²) < 4.78 is 11.3. The Hall–Kier alpha value is -1.66. The van der Waals surface area contributed by atoms with Crippen LogP contribution in [0.15, 0.2) is 18.2 Å². The molecular weight excluding hydrogens is 272 g/mol. The smallest absolute Gasteiger partial charge is 0.310 e. The van der Waals surface area contributed by atoms with Gasteiger partial charge in [-0.1, -0.05) is 6.07 Å². The summed E-state index contributed by atoms with van der Waals surface area (Å²) in [7, 11) is 0. The van der Waals surface area contributed by atoms with Crippen molar-refractivity contribution in [2.45, 2.75) is 33.0 Å². The number of ether oxygens (including phenoxy) is 2. The van der Waals surface area contributed by atoms with Crippen molar-refractivity contribution in [2.24, 2.45) is 0 Å². The van der Waals surface area contributed by atoms with E-state index in [0.29, 0.717) is 12.4 Å². The molecule has 0 saturated carbocycles. The highest BCUT2D eigenvalue weighted by Gasteiger charge is 2.25. The summed E-state index contributed by atoms with van der Waals surface area (Å²) in [5, 5.41) is 11.0. The van der Waals surface area contributed by atoms with Crippen LogP contribution < -0.4 is 9.64 Å². The number of aryl methyl sites for hydroxylation is 1. The average Bonchev–Trinajstić information content (AvgIpc) is 2.37. The van der Waals surface area contributed by atoms with Crippen LogP contribution in [0.5, 0.6) is 5.75 Å². The SMILES string of the molecule is Cc1ccc([N+](=O)[O-])c(OCC[NH+]2C[C@@H](C)O[C@@H](C)C2)c1. The summed E-state index contributed by atoms with van der Waals surface area (Å²) in [6, 6.07) is 4.94. The monoisotopic (exact) mass is 295 g/mol. The van der Waals surface area contributed by atoms with E-state index in [2.05, 4.69) is 13.8 Å². The van der Waals surface area contributed by atoms with Gasteiger partial charge in [0.05, 0.1) is 4.92 Å². The van der Waals surface area contributed by atoms with Gasteiger partial charge in [0.15, 0.2) is 5.75 Å². The molecule has 3 atom stereocenters. The summed E-state index contributed by atoms with van der Waals surface area (Å²) in [5.74, 6) is 0.355. The lowest BCUT2D eigenvalue weighted by Crippen LogP contribution is -3.16. The molecule has 0 bridgehead atoms. The van der Waals surface area contributed by atoms with Crippen molar-refractivity contribution in [3.05, 3.63) is 33.9 Å². The van der Waals surface area contributed by atoms with Gasteiger partial charge in [-0.3, -0.25) is 10.1 Å². The Morgan fingerprint density at radius 1 is 1.38 bits per heavy atom. The van der Waals surface area contributed by atoms with Crippen molar-refractivity contribution < 1.29 is 19.3 Å². The second-order valence-electron chi connectivity index (χ2n) is 5.74. The highest BCUT2D eigenvalue weighted by atomic mass is 16.6. The van der Waals surface area contributed by atoms with Crippen LogP contribution in [0.2, 0.25) is 0 Å². The molecule has 1 N–H and O–H groups in total. The third-order valence-corrected chi connectivity index (χ3v) is 3.64. The maximum absolute atomic E-state index is 11.0. The molecule has 1 aromatic carbocycles. The molecule has 0 amide bonds. The van der Waals surface area contributed by atoms with Gasteiger partial charge in [-0.25, -0.2) is 0 Å². The fourth-order valence-corrected chi connectivity index (χ4v) is 2.79. The van der Waals surface area contributed by atoms with E-state index in [1.54, 1.807) is 12.1 Å². The van der Waals surface area contributed by atoms with Gasteiger partial charge in [0.25, 0.3) is 0 Å². The molecule has 0 radical (unpaired) electrons. The van der Waals surface area contributed by atoms with Gasteiger partial charge in [-0.15, -0.1) is 0 Å². The van der Waals surface area contributed by atoms with E-state index in [4.69, 9.17) is 9.47 Å². The summed E-state index contributed by atoms with van der Waals surface area (Å²) in [5.41, 5.74) is 0.982. The Morgan fingerprint density at radius 2 is 2.05 bits per heavy atom. The maximum atomic E-state index is 11.0. The molecule has 0 spiro atoms. The van der Waals surface area contributed by atoms with Crippen LogP contribution in [0.25, 0.3) is 0 Å². The molecule has 116 valence electrons. The standard InChI is InChI=1S/C15H22N2O4/c1-11-4-5-14(17(18)19)15(8-11)20-7-6-16-9-12(2)21-13(3)10-16/h4-5,8,12-13H,6-7,9-10H2,1-3H3/p+1/t12-,13+. The van der Waals surface area contributed by atoms with E-state index in [9.17, 15) is 10.1 Å². The van der Waals surface area contributed by atoms with Crippen LogP contribution in [0.1, 0.15) is 19.4 Å². The van der Waals surface area contributed by atoms with Crippen LogP contribution in [-0.4, -0.2) is 43.4 Å². The molecule has 1 saturated heterocycles. The number of nitro groups is 1. The Morgan fingerprint density at radius 3 is 2.67 bits per heavy atom. The number of hydrogen-bond acceptors (Lipinski definition) is 4. The maximum Gasteiger partial charge on any atom is 0.310 e. The van der Waals surface area contributed by atoms with E-state index in [0.717, 1.165) is 25.2 Å². The van der Waals surface area contributed by atoms with E-state index in [1.165, 1.54) is 11.0 Å². The molecule has 1 unspecified atom stereocenters. The van der Waals surface area contributed by atoms with Crippen molar-refractivity contribution in [3.8, 4) is 5.75 Å². The van der Waals surface area contributed by atoms with E-state index >= 15 is 0 Å². The van der Waals surface area contributed by atoms with Crippen molar-refractivity contribution >= 4 is 5.69 Å². The van der Waals surface area contributed by atoms with Crippen molar-refractivity contribution in [1.82, 2.24) is 0 Å². The van der Waals surface area contributed by atoms with Gasteiger partial charge in [0.1, 0.15) is 38.4 Å². The number of nitrogens with zero attached hydrogens (tertiary/aromatic N) is 1. The van der Waals surface area contributed by atoms with Crippen LogP contribution in [-0.2, 0) is 4.74 Å². The van der Waals surface area contributed by atoms with Crippen molar-refractivity contribution in [1.29, 1.82) is 0 Å². The zero-order valence-electron chi connectivity index (χ0n) is 12.8. The molecule has 1 aliphatic heterocycles. The zero-order valence-corrected chi connectivity index (χ0v) is 12.8. The Balaban J connectivity index is 1.91. The molecule has 6 heteroatoms. The minimum absolute atomic E-state index is 0.0271. The molecule has 21 heavy (non-hydrogen) atoms. The fourth-order valence-electron chi connectivity index (χ4n) is 2.79. The quantitative estimate of drug-likeness (QED) is 0.649. The van der Waals surface area contributed by atoms with Gasteiger partial charge in [0, 0.05) is 6.07 Å². The predicted octanol–water partition coefficient (Wildman–Crippen LogP) is 0.974. The number of quaternary nitrogens is 1. The molecule has 0 aromatic heterocycles. The zero-order chi connectivity index (χ0) is 15.4. The average molecular weight is 295 g/mol. The highest BCUT2D eigenvalue weighted by Crippen LogP contribution is 2.27. The number of nitrogens with one attached hydrogen (secondary N) is 1. The lowest BCUT2D eigenvalue weighted by molar-refractivity contribution is -0.915. The van der Waals surface area contributed by atoms with Crippen LogP contribution in [0.4, 0.5) is 5.69 Å². The molecule has 6 nitrogen and oxygen atoms in total. The Labute approximate surface area is 124 Å². The first kappa shape index (κ1) is 15.7. The molecule has 2 rings (SSSR count). The van der Waals surface area contributed by atoms with Crippen LogP contribution >= 0.6 is 0 Å². The van der Waals surface area contributed by atoms with Gasteiger partial charge < -0.3 is 14.4 Å². The molecule has 1 heterocycles. The highest BCUT2D eigenvalue weighted by molar-refractivity contribution is 5.48. The number of rotatable bonds is 5. The van der Waals surface area contributed by atoms with E-state index < -0.39 is 4.92 Å². The summed E-state index contributed by atoms with van der Waals surface area (Å²) in [4.78, 5) is 12.0. The molecule has 1 aliphatic rings. The third-order valence-electron chi connectivity index (χ3n) is 3.64. The topological polar surface area (TPSA) is 66.0 Å². The minimum Gasteiger partial charge on any atom is -0.481 e. The number of benzene rings is 1. The first-order valence-corrected chi connectivity index (χ1v) is 7.32. The molecule has 0 aliphatic carbocycles. The van der Waals surface area contributed by atoms with E-state index in [1.807, 2.05) is 6.92 Å². The van der Waals surface area contributed by atoms with Crippen molar-refractivity contribution in [3.63, 3.8) is 0 Å². The Kier molecular flexibility index (Phi) is 5.14. The summed E-state index contributed by atoms with van der Waals surface area (Å²) in [6.45, 7) is 9.23. The van der Waals surface area contributed by atoms with Gasteiger partial charge in [-0.2, -0.15) is 0 Å². The summed E-state index contributed by atoms with van der Waals surface area (Å²) in [6.07, 6.45) is 0.495. The van der Waals surface area contributed by atoms with Gasteiger partial charge in [0.2, 0.25) is 0 Å². The van der Waals surface area contributed by atoms with Crippen molar-refractivity contribution in [2.75, 3.05) is 26.2 Å². The molecular formula is C15H23N2O4+. The van der Waals surface area contributed by atoms with Gasteiger partial charge >= 0.3 is 5.69 Å². The third kappa shape index (κ3) is 4.41.